The molecule has 0 aromatic heterocycles. The summed E-state index contributed by atoms with van der Waals surface area (Å²) in [7, 11) is -3.44. The Bertz CT molecular complexity index is 2200. The molecular weight excluding hydrogens is 714 g/mol. The molecule has 0 bridgehead atoms. The van der Waals surface area contributed by atoms with E-state index in [1.807, 2.05) is 0 Å². The first-order chi connectivity index (χ1) is 22.9. The second-order valence-corrected chi connectivity index (χ2v) is 10.0. The van der Waals surface area contributed by atoms with E-state index in [9.17, 15) is 61.5 Å². The number of allylic oxidation sites excluding steroid dienone is 1. The highest BCUT2D eigenvalue weighted by molar-refractivity contribution is 6.50. The van der Waals surface area contributed by atoms with E-state index >= 15 is 13.2 Å². The zero-order valence-corrected chi connectivity index (χ0v) is 22.6. The molecule has 0 radical (unpaired) electrons. The number of hydrogen-bond donors (Lipinski definition) is 0. The van der Waals surface area contributed by atoms with Crippen molar-refractivity contribution in [2.45, 2.75) is 5.82 Å². The van der Waals surface area contributed by atoms with Crippen molar-refractivity contribution in [1.82, 2.24) is 0 Å². The van der Waals surface area contributed by atoms with Gasteiger partial charge in [0.25, 0.3) is 0 Å². The molecule has 0 fully saturated rings. The van der Waals surface area contributed by atoms with Crippen molar-refractivity contribution in [2.24, 2.45) is 0 Å². The van der Waals surface area contributed by atoms with Crippen LogP contribution >= 0.6 is 0 Å². The molecule has 20 heteroatoms. The van der Waals surface area contributed by atoms with Gasteiger partial charge in [0, 0.05) is 0 Å². The van der Waals surface area contributed by atoms with Gasteiger partial charge in [-0.3, -0.25) is 0 Å². The van der Waals surface area contributed by atoms with Gasteiger partial charge in [-0.1, -0.05) is 12.1 Å². The summed E-state index contributed by atoms with van der Waals surface area (Å²) in [5.41, 5.74) is -2.34. The smallest absolute Gasteiger partial charge is 0.522 e. The predicted molar refractivity (Wildman–Crippen MR) is 133 cm³/mol. The lowest BCUT2D eigenvalue weighted by molar-refractivity contribution is 0.353. The van der Waals surface area contributed by atoms with Crippen molar-refractivity contribution in [2.75, 3.05) is 0 Å². The van der Waals surface area contributed by atoms with Crippen LogP contribution in [0, 0.1) is 87.3 Å². The molecule has 1 atom stereocenters. The van der Waals surface area contributed by atoms with Gasteiger partial charge in [0.05, 0.1) is 27.1 Å². The molecule has 0 aliphatic heterocycles. The van der Waals surface area contributed by atoms with Crippen molar-refractivity contribution < 1.29 is 83.9 Å². The van der Waals surface area contributed by atoms with Crippen LogP contribution < -0.4 is 9.31 Å². The Morgan fingerprint density at radius 3 is 1.14 bits per heavy atom. The van der Waals surface area contributed by atoms with Crippen LogP contribution in [0.15, 0.2) is 24.0 Å². The van der Waals surface area contributed by atoms with Gasteiger partial charge < -0.3 is 9.31 Å². The quantitative estimate of drug-likeness (QED) is 0.0780. The van der Waals surface area contributed by atoms with Crippen molar-refractivity contribution in [1.29, 1.82) is 0 Å². The number of hydrogen-bond acceptors (Lipinski definition) is 2. The second-order valence-electron chi connectivity index (χ2n) is 10.0. The van der Waals surface area contributed by atoms with E-state index in [0.717, 1.165) is 0 Å². The lowest BCUT2D eigenvalue weighted by atomic mass is 9.68. The summed E-state index contributed by atoms with van der Waals surface area (Å²) in [5.74, 6) is -52.6. The van der Waals surface area contributed by atoms with E-state index in [1.165, 1.54) is 0 Å². The molecular formula is C29H4BF17O2. The van der Waals surface area contributed by atoms with Gasteiger partial charge in [-0.25, -0.2) is 65.9 Å². The topological polar surface area (TPSA) is 18.5 Å². The molecule has 49 heavy (non-hydrogen) atoms. The minimum atomic E-state index is -3.44. The number of rotatable bonds is 5. The fourth-order valence-electron chi connectivity index (χ4n) is 5.24. The van der Waals surface area contributed by atoms with Gasteiger partial charge in [0.15, 0.2) is 87.1 Å². The molecule has 0 heterocycles. The lowest BCUT2D eigenvalue weighted by Crippen LogP contribution is -2.38. The third kappa shape index (κ3) is 4.58. The molecule has 1 unspecified atom stereocenters. The first-order valence-corrected chi connectivity index (χ1v) is 12.7. The van der Waals surface area contributed by atoms with Crippen molar-refractivity contribution >= 4 is 34.5 Å². The molecule has 0 saturated heterocycles. The fourth-order valence-corrected chi connectivity index (χ4v) is 5.24. The normalized spacial score (nSPS) is 14.3. The summed E-state index contributed by atoms with van der Waals surface area (Å²) in [6.07, 6.45) is 0. The SMILES string of the molecule is FC1=C(F)C(B(Oc2c(F)c(F)c(F)c3c(F)c(F)c(F)c(F)c23)Oc2c(F)c(F)c(F)c3c(F)c(F)c(F)c(F)c23)c2cccc(F)c21. The number of fused-ring (bicyclic) bond motifs is 3. The third-order valence-corrected chi connectivity index (χ3v) is 7.42. The molecule has 1 aliphatic rings. The molecule has 0 amide bonds. The van der Waals surface area contributed by atoms with E-state index in [1.54, 1.807) is 0 Å². The Kier molecular flexibility index (Phi) is 7.90. The highest BCUT2D eigenvalue weighted by Gasteiger charge is 2.50. The van der Waals surface area contributed by atoms with Gasteiger partial charge in [-0.2, -0.15) is 8.78 Å². The summed E-state index contributed by atoms with van der Waals surface area (Å²) in [5, 5.41) is -8.85. The Hall–Kier alpha value is -5.17. The van der Waals surface area contributed by atoms with Crippen molar-refractivity contribution in [3.05, 3.63) is 122 Å². The Labute approximate surface area is 258 Å². The Balaban J connectivity index is 1.71. The minimum Gasteiger partial charge on any atom is -0.522 e. The van der Waals surface area contributed by atoms with E-state index in [0.29, 0.717) is 18.2 Å². The van der Waals surface area contributed by atoms with Gasteiger partial charge >= 0.3 is 7.12 Å². The fraction of sp³-hybridized carbons (Fsp3) is 0.0345. The van der Waals surface area contributed by atoms with Crippen LogP contribution in [0.25, 0.3) is 27.4 Å². The number of halogens is 17. The summed E-state index contributed by atoms with van der Waals surface area (Å²) in [6, 6.07) is 1.85. The maximum Gasteiger partial charge on any atom is 0.610 e. The maximum atomic E-state index is 15.5. The summed E-state index contributed by atoms with van der Waals surface area (Å²) < 4.78 is 259. The molecule has 254 valence electrons. The Morgan fingerprint density at radius 2 is 0.755 bits per heavy atom. The van der Waals surface area contributed by atoms with Crippen molar-refractivity contribution in [3.8, 4) is 11.5 Å². The van der Waals surface area contributed by atoms with Crippen molar-refractivity contribution in [3.63, 3.8) is 0 Å². The van der Waals surface area contributed by atoms with Gasteiger partial charge in [0.1, 0.15) is 17.5 Å². The second kappa shape index (κ2) is 11.5. The minimum absolute atomic E-state index is 0.515. The highest BCUT2D eigenvalue weighted by Crippen LogP contribution is 2.49. The van der Waals surface area contributed by atoms with Crippen LogP contribution in [0.4, 0.5) is 74.6 Å². The van der Waals surface area contributed by atoms with E-state index in [4.69, 9.17) is 9.31 Å². The molecule has 0 saturated carbocycles. The molecule has 0 spiro atoms. The summed E-state index contributed by atoms with van der Waals surface area (Å²) in [6.45, 7) is 0. The van der Waals surface area contributed by atoms with Crippen LogP contribution in [-0.2, 0) is 0 Å². The van der Waals surface area contributed by atoms with Crippen LogP contribution in [0.2, 0.25) is 0 Å². The average molecular weight is 718 g/mol. The molecule has 0 N–H and O–H groups in total. The Morgan fingerprint density at radius 1 is 0.408 bits per heavy atom. The highest BCUT2D eigenvalue weighted by atomic mass is 19.2. The zero-order chi connectivity index (χ0) is 36.1. The van der Waals surface area contributed by atoms with Gasteiger partial charge in [-0.15, -0.1) is 0 Å². The molecule has 5 aromatic rings. The monoisotopic (exact) mass is 718 g/mol. The van der Waals surface area contributed by atoms with Gasteiger partial charge in [0.2, 0.25) is 11.6 Å². The molecule has 6 rings (SSSR count). The van der Waals surface area contributed by atoms with E-state index in [2.05, 4.69) is 0 Å². The van der Waals surface area contributed by atoms with Crippen LogP contribution in [-0.4, -0.2) is 7.12 Å². The first-order valence-electron chi connectivity index (χ1n) is 12.7. The molecule has 5 aromatic carbocycles. The average Bonchev–Trinajstić information content (AvgIpc) is 3.33. The largest absolute Gasteiger partial charge is 0.610 e. The lowest BCUT2D eigenvalue weighted by Gasteiger charge is -2.25. The summed E-state index contributed by atoms with van der Waals surface area (Å²) in [4.78, 5) is 0. The van der Waals surface area contributed by atoms with E-state index in [-0.39, 0.29) is 0 Å². The van der Waals surface area contributed by atoms with Gasteiger partial charge in [-0.05, 0) is 11.6 Å². The molecule has 1 aliphatic carbocycles. The zero-order valence-electron chi connectivity index (χ0n) is 22.6. The van der Waals surface area contributed by atoms with Crippen LogP contribution in [0.1, 0.15) is 16.9 Å². The standard InChI is InChI=1S/C29H4BF17O2/c31-5-3-1-2-4-6(5)12(32)19(39)11(4)30(48-28-9-7(15(35)24(44)26(28)46)13(33)20(40)22(42)17(9)37)49-29-10-8(16(36)25(45)27(29)47)14(34)21(41)23(43)18(10)38/h1-3,11H. The maximum absolute atomic E-state index is 15.5. The molecule has 2 nitrogen and oxygen atoms in total. The summed E-state index contributed by atoms with van der Waals surface area (Å²) >= 11 is 0. The first kappa shape index (κ1) is 33.7. The van der Waals surface area contributed by atoms with Crippen LogP contribution in [0.3, 0.4) is 0 Å². The van der Waals surface area contributed by atoms with Crippen LogP contribution in [0.5, 0.6) is 11.5 Å². The predicted octanol–water partition coefficient (Wildman–Crippen LogP) is 9.97. The van der Waals surface area contributed by atoms with E-state index < -0.39 is 156 Å². The third-order valence-electron chi connectivity index (χ3n) is 7.42. The number of benzene rings is 5.